The van der Waals surface area contributed by atoms with Crippen molar-refractivity contribution in [3.8, 4) is 11.5 Å². The van der Waals surface area contributed by atoms with Gasteiger partial charge in [0.05, 0.1) is 23.1 Å². The van der Waals surface area contributed by atoms with Crippen LogP contribution >= 0.6 is 11.6 Å². The summed E-state index contributed by atoms with van der Waals surface area (Å²) in [6.45, 7) is 3.81. The molecule has 0 heterocycles. The fourth-order valence-electron chi connectivity index (χ4n) is 2.49. The van der Waals surface area contributed by atoms with Crippen LogP contribution in [0, 0.1) is 0 Å². The van der Waals surface area contributed by atoms with Crippen molar-refractivity contribution >= 4 is 27.5 Å². The van der Waals surface area contributed by atoms with Crippen LogP contribution in [-0.2, 0) is 14.8 Å². The van der Waals surface area contributed by atoms with E-state index in [9.17, 15) is 13.2 Å². The summed E-state index contributed by atoms with van der Waals surface area (Å²) in [6, 6.07) is 11.3. The van der Waals surface area contributed by atoms with Gasteiger partial charge in [0.1, 0.15) is 11.5 Å². The normalized spacial score (nSPS) is 12.3. The zero-order valence-electron chi connectivity index (χ0n) is 16.6. The number of halogens is 1. The van der Waals surface area contributed by atoms with Crippen LogP contribution in [0.15, 0.2) is 47.4 Å². The average molecular weight is 441 g/mol. The molecule has 0 saturated carbocycles. The summed E-state index contributed by atoms with van der Waals surface area (Å²) in [5.74, 6) is 0.639. The molecule has 0 fully saturated rings. The molecule has 2 N–H and O–H groups in total. The minimum absolute atomic E-state index is 0.0425. The number of sulfonamides is 1. The number of carbonyl (C=O) groups is 1. The second kappa shape index (κ2) is 10.5. The summed E-state index contributed by atoms with van der Waals surface area (Å²) in [4.78, 5) is 12.2. The summed E-state index contributed by atoms with van der Waals surface area (Å²) in [6.07, 6.45) is 0.679. The van der Waals surface area contributed by atoms with E-state index in [0.29, 0.717) is 13.0 Å². The first kappa shape index (κ1) is 23.0. The molecule has 1 amide bonds. The monoisotopic (exact) mass is 440 g/mol. The Kier molecular flexibility index (Phi) is 8.31. The van der Waals surface area contributed by atoms with E-state index in [1.54, 1.807) is 7.11 Å². The number of methoxy groups -OCH3 is 1. The van der Waals surface area contributed by atoms with E-state index < -0.39 is 10.0 Å². The standard InChI is InChI=1S/C20H25ClN2O5S/c1-4-11-22-29(25,26)17-9-10-19(18(21)12-17)28-13-20(24)23-14(2)15-5-7-16(27-3)8-6-15/h5-10,12,14,22H,4,11,13H2,1-3H3,(H,23,24). The van der Waals surface area contributed by atoms with Crippen molar-refractivity contribution in [3.63, 3.8) is 0 Å². The fourth-order valence-corrected chi connectivity index (χ4v) is 3.95. The number of nitrogens with one attached hydrogen (secondary N) is 2. The molecule has 0 aliphatic carbocycles. The maximum atomic E-state index is 12.2. The van der Waals surface area contributed by atoms with Gasteiger partial charge in [0.2, 0.25) is 10.0 Å². The van der Waals surface area contributed by atoms with E-state index in [1.807, 2.05) is 38.1 Å². The summed E-state index contributed by atoms with van der Waals surface area (Å²) < 4.78 is 37.3. The van der Waals surface area contributed by atoms with Crippen LogP contribution in [0.4, 0.5) is 0 Å². The van der Waals surface area contributed by atoms with Gasteiger partial charge in [-0.3, -0.25) is 4.79 Å². The van der Waals surface area contributed by atoms with Crippen molar-refractivity contribution in [2.45, 2.75) is 31.2 Å². The number of benzene rings is 2. The summed E-state index contributed by atoms with van der Waals surface area (Å²) in [5, 5.41) is 2.94. The van der Waals surface area contributed by atoms with Gasteiger partial charge in [-0.05, 0) is 49.2 Å². The number of hydrogen-bond acceptors (Lipinski definition) is 5. The Labute approximate surface area is 176 Å². The molecule has 0 saturated heterocycles. The highest BCUT2D eigenvalue weighted by atomic mass is 35.5. The molecule has 7 nitrogen and oxygen atoms in total. The Morgan fingerprint density at radius 2 is 1.86 bits per heavy atom. The third-order valence-corrected chi connectivity index (χ3v) is 5.86. The van der Waals surface area contributed by atoms with Crippen LogP contribution in [0.25, 0.3) is 0 Å². The van der Waals surface area contributed by atoms with Crippen LogP contribution in [0.3, 0.4) is 0 Å². The zero-order valence-corrected chi connectivity index (χ0v) is 18.1. The van der Waals surface area contributed by atoms with Gasteiger partial charge < -0.3 is 14.8 Å². The quantitative estimate of drug-likeness (QED) is 0.591. The average Bonchev–Trinajstić information content (AvgIpc) is 2.71. The van der Waals surface area contributed by atoms with E-state index in [2.05, 4.69) is 10.0 Å². The van der Waals surface area contributed by atoms with Crippen molar-refractivity contribution in [1.29, 1.82) is 0 Å². The molecule has 2 aromatic rings. The van der Waals surface area contributed by atoms with Gasteiger partial charge >= 0.3 is 0 Å². The molecular weight excluding hydrogens is 416 g/mol. The molecule has 1 unspecified atom stereocenters. The van der Waals surface area contributed by atoms with E-state index in [0.717, 1.165) is 11.3 Å². The highest BCUT2D eigenvalue weighted by molar-refractivity contribution is 7.89. The molecule has 2 rings (SSSR count). The van der Waals surface area contributed by atoms with Crippen molar-refractivity contribution < 1.29 is 22.7 Å². The van der Waals surface area contributed by atoms with Gasteiger partial charge in [-0.1, -0.05) is 30.7 Å². The lowest BCUT2D eigenvalue weighted by molar-refractivity contribution is -0.123. The zero-order chi connectivity index (χ0) is 21.4. The maximum Gasteiger partial charge on any atom is 0.258 e. The second-order valence-electron chi connectivity index (χ2n) is 6.34. The van der Waals surface area contributed by atoms with Crippen LogP contribution in [0.5, 0.6) is 11.5 Å². The lowest BCUT2D eigenvalue weighted by Gasteiger charge is -2.15. The number of amides is 1. The Hall–Kier alpha value is -2.29. The molecule has 0 spiro atoms. The maximum absolute atomic E-state index is 12.2. The van der Waals surface area contributed by atoms with Gasteiger partial charge in [-0.2, -0.15) is 0 Å². The van der Waals surface area contributed by atoms with Crippen LogP contribution in [-0.4, -0.2) is 34.6 Å². The summed E-state index contributed by atoms with van der Waals surface area (Å²) >= 11 is 6.12. The van der Waals surface area contributed by atoms with Crippen molar-refractivity contribution in [3.05, 3.63) is 53.1 Å². The molecule has 0 aliphatic rings. The smallest absolute Gasteiger partial charge is 0.258 e. The molecule has 0 aromatic heterocycles. The predicted molar refractivity (Wildman–Crippen MR) is 112 cm³/mol. The third-order valence-electron chi connectivity index (χ3n) is 4.11. The highest BCUT2D eigenvalue weighted by Crippen LogP contribution is 2.27. The minimum Gasteiger partial charge on any atom is -0.497 e. The first-order valence-corrected chi connectivity index (χ1v) is 11.0. The molecule has 1 atom stereocenters. The van der Waals surface area contributed by atoms with Gasteiger partial charge in [-0.25, -0.2) is 13.1 Å². The molecule has 2 aromatic carbocycles. The molecule has 0 bridgehead atoms. The van der Waals surface area contributed by atoms with Crippen LogP contribution in [0.1, 0.15) is 31.9 Å². The van der Waals surface area contributed by atoms with Gasteiger partial charge in [0.15, 0.2) is 6.61 Å². The topological polar surface area (TPSA) is 93.7 Å². The Morgan fingerprint density at radius 3 is 2.45 bits per heavy atom. The lowest BCUT2D eigenvalue weighted by Crippen LogP contribution is -2.31. The van der Waals surface area contributed by atoms with Crippen molar-refractivity contribution in [2.75, 3.05) is 20.3 Å². The van der Waals surface area contributed by atoms with Crippen LogP contribution in [0.2, 0.25) is 5.02 Å². The van der Waals surface area contributed by atoms with Crippen molar-refractivity contribution in [2.24, 2.45) is 0 Å². The van der Waals surface area contributed by atoms with Crippen LogP contribution < -0.4 is 19.5 Å². The molecule has 158 valence electrons. The van der Waals surface area contributed by atoms with Crippen molar-refractivity contribution in [1.82, 2.24) is 10.0 Å². The molecule has 29 heavy (non-hydrogen) atoms. The fraction of sp³-hybridized carbons (Fsp3) is 0.350. The number of carbonyl (C=O) groups excluding carboxylic acids is 1. The molecule has 0 radical (unpaired) electrons. The SMILES string of the molecule is CCCNS(=O)(=O)c1ccc(OCC(=O)NC(C)c2ccc(OC)cc2)c(Cl)c1. The predicted octanol–water partition coefficient (Wildman–Crippen LogP) is 3.29. The van der Waals surface area contributed by atoms with E-state index in [4.69, 9.17) is 21.1 Å². The van der Waals surface area contributed by atoms with E-state index in [1.165, 1.54) is 18.2 Å². The van der Waals surface area contributed by atoms with Gasteiger partial charge in [-0.15, -0.1) is 0 Å². The number of hydrogen-bond donors (Lipinski definition) is 2. The first-order chi connectivity index (χ1) is 13.8. The molecule has 9 heteroatoms. The number of ether oxygens (including phenoxy) is 2. The van der Waals surface area contributed by atoms with Gasteiger partial charge in [0.25, 0.3) is 5.91 Å². The Balaban J connectivity index is 1.94. The van der Waals surface area contributed by atoms with Gasteiger partial charge in [0, 0.05) is 6.54 Å². The minimum atomic E-state index is -3.62. The van der Waals surface area contributed by atoms with E-state index in [-0.39, 0.29) is 34.2 Å². The highest BCUT2D eigenvalue weighted by Gasteiger charge is 2.16. The molecule has 0 aliphatic heterocycles. The lowest BCUT2D eigenvalue weighted by atomic mass is 10.1. The van der Waals surface area contributed by atoms with E-state index >= 15 is 0 Å². The summed E-state index contributed by atoms with van der Waals surface area (Å²) in [7, 11) is -2.03. The Morgan fingerprint density at radius 1 is 1.17 bits per heavy atom. The first-order valence-electron chi connectivity index (χ1n) is 9.12. The third kappa shape index (κ3) is 6.62. The summed E-state index contributed by atoms with van der Waals surface area (Å²) in [5.41, 5.74) is 0.923. The Bertz CT molecular complexity index is 932. The second-order valence-corrected chi connectivity index (χ2v) is 8.52. The number of rotatable bonds is 10. The molecular formula is C20H25ClN2O5S. The largest absolute Gasteiger partial charge is 0.497 e.